The maximum atomic E-state index is 13.0. The van der Waals surface area contributed by atoms with Crippen LogP contribution in [0.2, 0.25) is 0 Å². The highest BCUT2D eigenvalue weighted by Crippen LogP contribution is 2.26. The molecule has 2 nitrogen and oxygen atoms in total. The summed E-state index contributed by atoms with van der Waals surface area (Å²) in [6.07, 6.45) is 2.87. The monoisotopic (exact) mass is 170 g/mol. The zero-order valence-electron chi connectivity index (χ0n) is 6.35. The van der Waals surface area contributed by atoms with Gasteiger partial charge < -0.3 is 5.32 Å². The summed E-state index contributed by atoms with van der Waals surface area (Å²) in [5.74, 6) is -1.13. The molecule has 1 aromatic rings. The summed E-state index contributed by atoms with van der Waals surface area (Å²) in [5, 5.41) is 2.94. The van der Waals surface area contributed by atoms with Crippen molar-refractivity contribution in [2.24, 2.45) is 0 Å². The number of rotatable bonds is 1. The first-order valence-corrected chi connectivity index (χ1v) is 3.81. The molecule has 2 rings (SSSR count). The zero-order chi connectivity index (χ0) is 8.55. The van der Waals surface area contributed by atoms with Gasteiger partial charge in [0, 0.05) is 11.6 Å². The molecule has 1 aromatic heterocycles. The van der Waals surface area contributed by atoms with E-state index in [9.17, 15) is 8.78 Å². The Hall–Kier alpha value is -1.03. The van der Waals surface area contributed by atoms with E-state index < -0.39 is 11.6 Å². The maximum absolute atomic E-state index is 13.0. The van der Waals surface area contributed by atoms with Gasteiger partial charge in [0.2, 0.25) is 0 Å². The van der Waals surface area contributed by atoms with E-state index in [1.165, 1.54) is 0 Å². The molecule has 1 atom stereocenters. The van der Waals surface area contributed by atoms with Crippen LogP contribution in [0.4, 0.5) is 8.78 Å². The molecule has 0 aliphatic carbocycles. The van der Waals surface area contributed by atoms with E-state index in [-0.39, 0.29) is 11.6 Å². The predicted molar refractivity (Wildman–Crippen MR) is 39.5 cm³/mol. The first-order valence-electron chi connectivity index (χ1n) is 3.81. The lowest BCUT2D eigenvalue weighted by Gasteiger charge is -2.28. The number of hydrogen-bond donors (Lipinski definition) is 1. The lowest BCUT2D eigenvalue weighted by atomic mass is 9.98. The van der Waals surface area contributed by atoms with Gasteiger partial charge in [-0.2, -0.15) is 0 Å². The van der Waals surface area contributed by atoms with Gasteiger partial charge in [-0.3, -0.25) is 4.98 Å². The molecule has 0 bridgehead atoms. The number of nitrogens with one attached hydrogen (secondary N) is 1. The first kappa shape index (κ1) is 7.61. The van der Waals surface area contributed by atoms with Crippen LogP contribution in [0.15, 0.2) is 12.4 Å². The number of pyridine rings is 1. The van der Waals surface area contributed by atoms with E-state index in [2.05, 4.69) is 10.3 Å². The Kier molecular flexibility index (Phi) is 1.77. The molecule has 0 spiro atoms. The van der Waals surface area contributed by atoms with E-state index in [1.54, 1.807) is 0 Å². The highest BCUT2D eigenvalue weighted by Gasteiger charge is 2.25. The smallest absolute Gasteiger partial charge is 0.149 e. The Labute approximate surface area is 68.6 Å². The molecule has 4 heteroatoms. The van der Waals surface area contributed by atoms with Crippen molar-refractivity contribution in [3.63, 3.8) is 0 Å². The molecule has 1 fully saturated rings. The molecule has 0 aromatic carbocycles. The minimum atomic E-state index is -0.563. The number of hydrogen-bond acceptors (Lipinski definition) is 2. The quantitative estimate of drug-likeness (QED) is 0.689. The topological polar surface area (TPSA) is 24.9 Å². The Morgan fingerprint density at radius 3 is 2.33 bits per heavy atom. The van der Waals surface area contributed by atoms with Crippen LogP contribution in [-0.4, -0.2) is 11.5 Å². The van der Waals surface area contributed by atoms with E-state index >= 15 is 0 Å². The summed E-state index contributed by atoms with van der Waals surface area (Å²) in [6.45, 7) is 0.825. The average Bonchev–Trinajstić information content (AvgIpc) is 1.93. The number of aromatic nitrogens is 1. The lowest BCUT2D eigenvalue weighted by Crippen LogP contribution is -2.36. The minimum absolute atomic E-state index is 0.122. The molecule has 0 saturated carbocycles. The summed E-state index contributed by atoms with van der Waals surface area (Å²) in [6, 6.07) is -0.159. The van der Waals surface area contributed by atoms with Crippen molar-refractivity contribution in [3.05, 3.63) is 29.6 Å². The molecule has 1 aliphatic heterocycles. The van der Waals surface area contributed by atoms with Crippen LogP contribution in [0.1, 0.15) is 18.0 Å². The van der Waals surface area contributed by atoms with Crippen molar-refractivity contribution >= 4 is 0 Å². The minimum Gasteiger partial charge on any atom is -0.310 e. The Bertz CT molecular complexity index is 277. The second kappa shape index (κ2) is 2.79. The zero-order valence-corrected chi connectivity index (χ0v) is 6.35. The molecule has 2 heterocycles. The third kappa shape index (κ3) is 1.08. The van der Waals surface area contributed by atoms with Crippen LogP contribution in [-0.2, 0) is 0 Å². The van der Waals surface area contributed by atoms with E-state index in [0.717, 1.165) is 25.4 Å². The van der Waals surface area contributed by atoms with E-state index in [1.807, 2.05) is 0 Å². The fourth-order valence-corrected chi connectivity index (χ4v) is 1.29. The standard InChI is InChI=1S/C8H8F2N2/c9-5-3-11-4-6(10)8(5)7-1-2-12-7/h3-4,7,12H,1-2H2. The van der Waals surface area contributed by atoms with E-state index in [4.69, 9.17) is 0 Å². The molecule has 0 amide bonds. The van der Waals surface area contributed by atoms with Crippen molar-refractivity contribution in [2.75, 3.05) is 6.54 Å². The van der Waals surface area contributed by atoms with Gasteiger partial charge in [0.05, 0.1) is 12.4 Å². The van der Waals surface area contributed by atoms with E-state index in [0.29, 0.717) is 0 Å². The van der Waals surface area contributed by atoms with Gasteiger partial charge >= 0.3 is 0 Å². The summed E-state index contributed by atoms with van der Waals surface area (Å²) in [7, 11) is 0. The van der Waals surface area contributed by atoms with Crippen LogP contribution >= 0.6 is 0 Å². The summed E-state index contributed by atoms with van der Waals surface area (Å²) < 4.78 is 26.0. The SMILES string of the molecule is Fc1cncc(F)c1C1CCN1. The number of nitrogens with zero attached hydrogens (tertiary/aromatic N) is 1. The Balaban J connectivity index is 2.39. The van der Waals surface area contributed by atoms with Crippen molar-refractivity contribution in [1.29, 1.82) is 0 Å². The fourth-order valence-electron chi connectivity index (χ4n) is 1.29. The molecular weight excluding hydrogens is 162 g/mol. The van der Waals surface area contributed by atoms with Gasteiger partial charge in [-0.05, 0) is 13.0 Å². The van der Waals surface area contributed by atoms with Gasteiger partial charge in [0.25, 0.3) is 0 Å². The lowest BCUT2D eigenvalue weighted by molar-refractivity contribution is 0.354. The second-order valence-corrected chi connectivity index (χ2v) is 2.81. The molecule has 12 heavy (non-hydrogen) atoms. The number of halogens is 2. The molecule has 1 N–H and O–H groups in total. The summed E-state index contributed by atoms with van der Waals surface area (Å²) >= 11 is 0. The van der Waals surface area contributed by atoms with Crippen molar-refractivity contribution < 1.29 is 8.78 Å². The fraction of sp³-hybridized carbons (Fsp3) is 0.375. The Morgan fingerprint density at radius 1 is 1.33 bits per heavy atom. The maximum Gasteiger partial charge on any atom is 0.149 e. The van der Waals surface area contributed by atoms with Crippen LogP contribution in [0, 0.1) is 11.6 Å². The Morgan fingerprint density at radius 2 is 1.92 bits per heavy atom. The molecule has 1 saturated heterocycles. The largest absolute Gasteiger partial charge is 0.310 e. The van der Waals surface area contributed by atoms with Gasteiger partial charge in [-0.25, -0.2) is 8.78 Å². The van der Waals surface area contributed by atoms with Crippen molar-refractivity contribution in [2.45, 2.75) is 12.5 Å². The normalized spacial score (nSPS) is 22.0. The van der Waals surface area contributed by atoms with Crippen molar-refractivity contribution in [3.8, 4) is 0 Å². The third-order valence-electron chi connectivity index (χ3n) is 2.06. The summed E-state index contributed by atoms with van der Waals surface area (Å²) in [4.78, 5) is 3.41. The molecule has 0 radical (unpaired) electrons. The molecule has 1 unspecified atom stereocenters. The average molecular weight is 170 g/mol. The van der Waals surface area contributed by atoms with Crippen LogP contribution in [0.25, 0.3) is 0 Å². The van der Waals surface area contributed by atoms with Gasteiger partial charge in [0.15, 0.2) is 0 Å². The molecule has 64 valence electrons. The van der Waals surface area contributed by atoms with Crippen LogP contribution in [0.5, 0.6) is 0 Å². The van der Waals surface area contributed by atoms with Crippen LogP contribution < -0.4 is 5.32 Å². The predicted octanol–water partition coefficient (Wildman–Crippen LogP) is 1.39. The third-order valence-corrected chi connectivity index (χ3v) is 2.06. The molecule has 1 aliphatic rings. The molecular formula is C8H8F2N2. The highest BCUT2D eigenvalue weighted by atomic mass is 19.1. The van der Waals surface area contributed by atoms with Crippen molar-refractivity contribution in [1.82, 2.24) is 10.3 Å². The first-order chi connectivity index (χ1) is 5.79. The van der Waals surface area contributed by atoms with Gasteiger partial charge in [0.1, 0.15) is 11.6 Å². The highest BCUT2D eigenvalue weighted by molar-refractivity contribution is 5.21. The van der Waals surface area contributed by atoms with Gasteiger partial charge in [-0.15, -0.1) is 0 Å². The summed E-state index contributed by atoms with van der Waals surface area (Å²) in [5.41, 5.74) is 0.122. The van der Waals surface area contributed by atoms with Gasteiger partial charge in [-0.1, -0.05) is 0 Å². The second-order valence-electron chi connectivity index (χ2n) is 2.81. The van der Waals surface area contributed by atoms with Crippen LogP contribution in [0.3, 0.4) is 0 Å².